The van der Waals surface area contributed by atoms with Gasteiger partial charge in [-0.1, -0.05) is 46.8 Å². The Bertz CT molecular complexity index is 829. The summed E-state index contributed by atoms with van der Waals surface area (Å²) in [7, 11) is 0. The molecule has 0 saturated carbocycles. The number of hydrogen-bond acceptors (Lipinski definition) is 3. The lowest BCUT2D eigenvalue weighted by molar-refractivity contribution is 0.0640. The second kappa shape index (κ2) is 8.48. The van der Waals surface area contributed by atoms with Crippen molar-refractivity contribution >= 4 is 5.91 Å². The van der Waals surface area contributed by atoms with Gasteiger partial charge in [-0.2, -0.15) is 5.10 Å². The summed E-state index contributed by atoms with van der Waals surface area (Å²) < 4.78 is 2.00. The Morgan fingerprint density at radius 1 is 1.07 bits per heavy atom. The number of amides is 1. The Labute approximate surface area is 169 Å². The molecule has 1 aliphatic rings. The van der Waals surface area contributed by atoms with Crippen molar-refractivity contribution in [3.63, 3.8) is 0 Å². The van der Waals surface area contributed by atoms with E-state index in [1.54, 1.807) is 0 Å². The number of nitrogens with zero attached hydrogens (tertiary/aromatic N) is 4. The fraction of sp³-hybridized carbons (Fsp3) is 0.565. The first kappa shape index (κ1) is 20.6. The number of piperazine rings is 1. The summed E-state index contributed by atoms with van der Waals surface area (Å²) in [6.45, 7) is 17.3. The van der Waals surface area contributed by atoms with Gasteiger partial charge >= 0.3 is 0 Å². The van der Waals surface area contributed by atoms with Gasteiger partial charge < -0.3 is 9.80 Å². The average molecular weight is 383 g/mol. The number of rotatable bonds is 5. The largest absolute Gasteiger partial charge is 0.336 e. The van der Waals surface area contributed by atoms with Gasteiger partial charge in [0.05, 0.1) is 22.6 Å². The molecule has 5 heteroatoms. The van der Waals surface area contributed by atoms with E-state index in [1.165, 1.54) is 5.56 Å². The van der Waals surface area contributed by atoms with E-state index in [9.17, 15) is 4.79 Å². The van der Waals surface area contributed by atoms with Crippen molar-refractivity contribution < 1.29 is 4.79 Å². The molecule has 0 radical (unpaired) electrons. The van der Waals surface area contributed by atoms with Gasteiger partial charge in [0.2, 0.25) is 0 Å². The predicted octanol–water partition coefficient (Wildman–Crippen LogP) is 4.21. The zero-order valence-electron chi connectivity index (χ0n) is 18.2. The maximum atomic E-state index is 13.6. The molecule has 0 bridgehead atoms. The highest BCUT2D eigenvalue weighted by Crippen LogP contribution is 2.31. The van der Waals surface area contributed by atoms with Crippen LogP contribution in [0, 0.1) is 6.92 Å². The van der Waals surface area contributed by atoms with Crippen molar-refractivity contribution in [2.75, 3.05) is 32.7 Å². The van der Waals surface area contributed by atoms with Gasteiger partial charge in [0.15, 0.2) is 0 Å². The molecule has 2 heterocycles. The first-order chi connectivity index (χ1) is 13.3. The summed E-state index contributed by atoms with van der Waals surface area (Å²) in [4.78, 5) is 18.0. The summed E-state index contributed by atoms with van der Waals surface area (Å²) >= 11 is 0. The van der Waals surface area contributed by atoms with Crippen molar-refractivity contribution in [1.29, 1.82) is 0 Å². The third-order valence-corrected chi connectivity index (χ3v) is 5.61. The Morgan fingerprint density at radius 3 is 2.29 bits per heavy atom. The Balaban J connectivity index is 2.07. The molecule has 1 saturated heterocycles. The molecule has 1 amide bonds. The SMILES string of the molecule is CCN1CCN(C(=O)c2c(C(C)C)nn(-c3cccc(C)c3)c2C(C)C)CC1. The van der Waals surface area contributed by atoms with E-state index >= 15 is 0 Å². The molecule has 0 unspecified atom stereocenters. The molecule has 0 spiro atoms. The van der Waals surface area contributed by atoms with E-state index in [-0.39, 0.29) is 17.7 Å². The standard InChI is InChI=1S/C23H34N4O/c1-7-25-11-13-26(14-12-25)23(28)20-21(16(2)3)24-27(22(20)17(4)5)19-10-8-9-18(6)15-19/h8-10,15-17H,7,11-14H2,1-6H3. The minimum Gasteiger partial charge on any atom is -0.336 e. The van der Waals surface area contributed by atoms with Crippen LogP contribution in [0.1, 0.15) is 73.8 Å². The van der Waals surface area contributed by atoms with E-state index in [0.29, 0.717) is 0 Å². The van der Waals surface area contributed by atoms with Crippen LogP contribution in [-0.4, -0.2) is 58.2 Å². The third-order valence-electron chi connectivity index (χ3n) is 5.61. The Morgan fingerprint density at radius 2 is 1.75 bits per heavy atom. The summed E-state index contributed by atoms with van der Waals surface area (Å²) in [6, 6.07) is 8.35. The molecule has 1 aliphatic heterocycles. The van der Waals surface area contributed by atoms with E-state index < -0.39 is 0 Å². The maximum absolute atomic E-state index is 13.6. The fourth-order valence-electron chi connectivity index (χ4n) is 3.99. The molecule has 5 nitrogen and oxygen atoms in total. The van der Waals surface area contributed by atoms with Gasteiger partial charge in [-0.3, -0.25) is 4.79 Å². The molecule has 1 fully saturated rings. The molecule has 0 atom stereocenters. The van der Waals surface area contributed by atoms with E-state index in [2.05, 4.69) is 70.7 Å². The molecule has 1 aromatic heterocycles. The maximum Gasteiger partial charge on any atom is 0.257 e. The molecular weight excluding hydrogens is 348 g/mol. The number of carbonyl (C=O) groups is 1. The van der Waals surface area contributed by atoms with Crippen LogP contribution in [0.25, 0.3) is 5.69 Å². The summed E-state index contributed by atoms with van der Waals surface area (Å²) in [5.41, 5.74) is 4.97. The third kappa shape index (κ3) is 4.00. The number of aryl methyl sites for hydroxylation is 1. The Hall–Kier alpha value is -2.14. The van der Waals surface area contributed by atoms with E-state index in [0.717, 1.165) is 55.4 Å². The number of benzene rings is 1. The minimum atomic E-state index is 0.141. The first-order valence-electron chi connectivity index (χ1n) is 10.5. The quantitative estimate of drug-likeness (QED) is 0.778. The average Bonchev–Trinajstić information content (AvgIpc) is 3.09. The summed E-state index contributed by atoms with van der Waals surface area (Å²) in [5, 5.41) is 4.95. The molecule has 3 rings (SSSR count). The number of hydrogen-bond donors (Lipinski definition) is 0. The van der Waals surface area contributed by atoms with Gasteiger partial charge in [0.1, 0.15) is 0 Å². The van der Waals surface area contributed by atoms with Crippen molar-refractivity contribution in [3.05, 3.63) is 46.8 Å². The monoisotopic (exact) mass is 382 g/mol. The van der Waals surface area contributed by atoms with Gasteiger partial charge in [-0.05, 0) is 43.0 Å². The molecule has 2 aromatic rings. The van der Waals surface area contributed by atoms with Crippen LogP contribution in [0.3, 0.4) is 0 Å². The van der Waals surface area contributed by atoms with Crippen LogP contribution in [0.2, 0.25) is 0 Å². The van der Waals surface area contributed by atoms with Gasteiger partial charge in [-0.25, -0.2) is 4.68 Å². The highest BCUT2D eigenvalue weighted by molar-refractivity contribution is 5.97. The van der Waals surface area contributed by atoms with Crippen LogP contribution in [0.15, 0.2) is 24.3 Å². The second-order valence-corrected chi connectivity index (χ2v) is 8.43. The lowest BCUT2D eigenvalue weighted by atomic mass is 9.97. The van der Waals surface area contributed by atoms with Crippen molar-refractivity contribution in [3.8, 4) is 5.69 Å². The molecule has 1 aromatic carbocycles. The lowest BCUT2D eigenvalue weighted by Gasteiger charge is -2.34. The van der Waals surface area contributed by atoms with E-state index in [4.69, 9.17) is 5.10 Å². The summed E-state index contributed by atoms with van der Waals surface area (Å²) in [6.07, 6.45) is 0. The predicted molar refractivity (Wildman–Crippen MR) is 114 cm³/mol. The number of carbonyl (C=O) groups excluding carboxylic acids is 1. The molecule has 0 aliphatic carbocycles. The zero-order chi connectivity index (χ0) is 20.4. The highest BCUT2D eigenvalue weighted by atomic mass is 16.2. The smallest absolute Gasteiger partial charge is 0.257 e. The lowest BCUT2D eigenvalue weighted by Crippen LogP contribution is -2.48. The minimum absolute atomic E-state index is 0.141. The molecular formula is C23H34N4O. The van der Waals surface area contributed by atoms with Crippen LogP contribution < -0.4 is 0 Å². The Kier molecular flexibility index (Phi) is 6.23. The fourth-order valence-corrected chi connectivity index (χ4v) is 3.99. The van der Waals surface area contributed by atoms with Gasteiger partial charge in [0.25, 0.3) is 5.91 Å². The van der Waals surface area contributed by atoms with Crippen LogP contribution in [-0.2, 0) is 0 Å². The van der Waals surface area contributed by atoms with Crippen molar-refractivity contribution in [2.45, 2.75) is 53.4 Å². The molecule has 28 heavy (non-hydrogen) atoms. The summed E-state index contributed by atoms with van der Waals surface area (Å²) in [5.74, 6) is 0.540. The highest BCUT2D eigenvalue weighted by Gasteiger charge is 2.31. The van der Waals surface area contributed by atoms with Gasteiger partial charge in [-0.15, -0.1) is 0 Å². The van der Waals surface area contributed by atoms with Crippen molar-refractivity contribution in [2.24, 2.45) is 0 Å². The van der Waals surface area contributed by atoms with Gasteiger partial charge in [0, 0.05) is 26.2 Å². The van der Waals surface area contributed by atoms with Crippen LogP contribution >= 0.6 is 0 Å². The first-order valence-corrected chi connectivity index (χ1v) is 10.5. The molecule has 152 valence electrons. The topological polar surface area (TPSA) is 41.4 Å². The normalized spacial score (nSPS) is 15.6. The number of aromatic nitrogens is 2. The van der Waals surface area contributed by atoms with Crippen LogP contribution in [0.4, 0.5) is 0 Å². The number of likely N-dealkylation sites (N-methyl/N-ethyl adjacent to an activating group) is 1. The zero-order valence-corrected chi connectivity index (χ0v) is 18.2. The van der Waals surface area contributed by atoms with Crippen LogP contribution in [0.5, 0.6) is 0 Å². The van der Waals surface area contributed by atoms with E-state index in [1.807, 2.05) is 9.58 Å². The van der Waals surface area contributed by atoms with Crippen molar-refractivity contribution in [1.82, 2.24) is 19.6 Å². The molecule has 0 N–H and O–H groups in total. The second-order valence-electron chi connectivity index (χ2n) is 8.43.